The predicted molar refractivity (Wildman–Crippen MR) is 136 cm³/mol. The lowest BCUT2D eigenvalue weighted by molar-refractivity contribution is -0.125. The summed E-state index contributed by atoms with van der Waals surface area (Å²) in [5.74, 6) is 1.79. The van der Waals surface area contributed by atoms with Crippen LogP contribution in [0.4, 0.5) is 5.82 Å². The van der Waals surface area contributed by atoms with Crippen molar-refractivity contribution in [3.05, 3.63) is 53.2 Å². The number of ether oxygens (including phenoxy) is 2. The van der Waals surface area contributed by atoms with Gasteiger partial charge in [0.1, 0.15) is 5.82 Å². The van der Waals surface area contributed by atoms with E-state index >= 15 is 0 Å². The van der Waals surface area contributed by atoms with Gasteiger partial charge in [0.25, 0.3) is 0 Å². The number of amides is 1. The highest BCUT2D eigenvalue weighted by Crippen LogP contribution is 2.32. The maximum Gasteiger partial charge on any atom is 0.246 e. The summed E-state index contributed by atoms with van der Waals surface area (Å²) in [6, 6.07) is 7.74. The maximum absolute atomic E-state index is 12.8. The molecule has 0 atom stereocenters. The molecule has 0 spiro atoms. The quantitative estimate of drug-likeness (QED) is 0.538. The number of nitrogens with two attached hydrogens (primary N) is 1. The third kappa shape index (κ3) is 6.95. The van der Waals surface area contributed by atoms with Gasteiger partial charge in [-0.1, -0.05) is 19.1 Å². The van der Waals surface area contributed by atoms with E-state index in [9.17, 15) is 4.79 Å². The van der Waals surface area contributed by atoms with Crippen LogP contribution in [0.5, 0.6) is 11.5 Å². The average molecular weight is 468 g/mol. The SMILES string of the molecule is CCCOc1c(CN(C)C(=O)C=Cc2cnc(N)c(CN3CCN(C)CC3)c2)cccc1OC. The number of aromatic nitrogens is 1. The van der Waals surface area contributed by atoms with Crippen LogP contribution in [0, 0.1) is 0 Å². The zero-order valence-electron chi connectivity index (χ0n) is 20.8. The molecule has 1 aliphatic rings. The third-order valence-electron chi connectivity index (χ3n) is 5.95. The van der Waals surface area contributed by atoms with Crippen LogP contribution in [-0.2, 0) is 17.9 Å². The summed E-state index contributed by atoms with van der Waals surface area (Å²) in [7, 11) is 5.53. The fourth-order valence-electron chi connectivity index (χ4n) is 3.85. The summed E-state index contributed by atoms with van der Waals surface area (Å²) < 4.78 is 11.3. The van der Waals surface area contributed by atoms with E-state index in [1.165, 1.54) is 0 Å². The molecule has 0 unspecified atom stereocenters. The number of carbonyl (C=O) groups is 1. The number of nitrogen functional groups attached to an aromatic ring is 1. The second kappa shape index (κ2) is 12.4. The molecule has 1 saturated heterocycles. The van der Waals surface area contributed by atoms with E-state index in [1.807, 2.05) is 24.3 Å². The first-order valence-electron chi connectivity index (χ1n) is 11.8. The van der Waals surface area contributed by atoms with Crippen molar-refractivity contribution in [2.45, 2.75) is 26.4 Å². The Kier molecular flexibility index (Phi) is 9.30. The van der Waals surface area contributed by atoms with Gasteiger partial charge in [-0.25, -0.2) is 4.98 Å². The molecule has 1 aromatic heterocycles. The number of rotatable bonds is 10. The molecule has 8 nitrogen and oxygen atoms in total. The Morgan fingerprint density at radius 3 is 2.71 bits per heavy atom. The van der Waals surface area contributed by atoms with E-state index in [0.29, 0.717) is 30.5 Å². The minimum absolute atomic E-state index is 0.110. The van der Waals surface area contributed by atoms with E-state index in [-0.39, 0.29) is 5.91 Å². The monoisotopic (exact) mass is 467 g/mol. The normalized spacial score (nSPS) is 14.9. The summed E-state index contributed by atoms with van der Waals surface area (Å²) in [5, 5.41) is 0. The number of methoxy groups -OCH3 is 1. The van der Waals surface area contributed by atoms with Gasteiger partial charge in [-0.15, -0.1) is 0 Å². The highest BCUT2D eigenvalue weighted by Gasteiger charge is 2.16. The highest BCUT2D eigenvalue weighted by atomic mass is 16.5. The number of carbonyl (C=O) groups excluding carboxylic acids is 1. The molecule has 0 bridgehead atoms. The Balaban J connectivity index is 1.65. The standard InChI is InChI=1S/C26H37N5O3/c1-5-15-34-25-21(7-6-8-23(25)33-4)18-30(3)24(32)10-9-20-16-22(26(27)28-17-20)19-31-13-11-29(2)12-14-31/h6-10,16-17H,5,11-15,18-19H2,1-4H3,(H2,27,28). The molecular weight excluding hydrogens is 430 g/mol. The lowest BCUT2D eigenvalue weighted by atomic mass is 10.1. The molecule has 34 heavy (non-hydrogen) atoms. The van der Waals surface area contributed by atoms with Gasteiger partial charge >= 0.3 is 0 Å². The van der Waals surface area contributed by atoms with Crippen molar-refractivity contribution in [3.8, 4) is 11.5 Å². The van der Waals surface area contributed by atoms with E-state index in [1.54, 1.807) is 37.4 Å². The fourth-order valence-corrected chi connectivity index (χ4v) is 3.85. The van der Waals surface area contributed by atoms with Crippen LogP contribution in [0.25, 0.3) is 6.08 Å². The van der Waals surface area contributed by atoms with Crippen molar-refractivity contribution >= 4 is 17.8 Å². The van der Waals surface area contributed by atoms with Crippen LogP contribution in [0.3, 0.4) is 0 Å². The summed E-state index contributed by atoms with van der Waals surface area (Å²) in [4.78, 5) is 23.5. The number of piperazine rings is 1. The van der Waals surface area contributed by atoms with Crippen molar-refractivity contribution in [2.24, 2.45) is 0 Å². The topological polar surface area (TPSA) is 84.2 Å². The molecular formula is C26H37N5O3. The molecule has 3 rings (SSSR count). The highest BCUT2D eigenvalue weighted by molar-refractivity contribution is 5.91. The predicted octanol–water partition coefficient (Wildman–Crippen LogP) is 2.88. The number of nitrogens with zero attached hydrogens (tertiary/aromatic N) is 4. The number of hydrogen-bond acceptors (Lipinski definition) is 7. The molecule has 8 heteroatoms. The number of anilines is 1. The number of para-hydroxylation sites is 1. The molecule has 2 N–H and O–H groups in total. The van der Waals surface area contributed by atoms with Crippen molar-refractivity contribution in [3.63, 3.8) is 0 Å². The molecule has 2 heterocycles. The smallest absolute Gasteiger partial charge is 0.246 e. The Labute approximate surface area is 202 Å². The van der Waals surface area contributed by atoms with Crippen LogP contribution in [-0.4, -0.2) is 79.6 Å². The van der Waals surface area contributed by atoms with Gasteiger partial charge in [0.05, 0.1) is 13.7 Å². The van der Waals surface area contributed by atoms with E-state index in [0.717, 1.165) is 55.8 Å². The van der Waals surface area contributed by atoms with Gasteiger partial charge in [0.15, 0.2) is 11.5 Å². The molecule has 1 aromatic carbocycles. The van der Waals surface area contributed by atoms with Crippen molar-refractivity contribution in [1.29, 1.82) is 0 Å². The summed E-state index contributed by atoms with van der Waals surface area (Å²) in [6.45, 7) is 7.93. The van der Waals surface area contributed by atoms with Crippen LogP contribution in [0.15, 0.2) is 36.5 Å². The zero-order valence-corrected chi connectivity index (χ0v) is 20.8. The maximum atomic E-state index is 12.8. The van der Waals surface area contributed by atoms with Gasteiger partial charge < -0.3 is 25.0 Å². The van der Waals surface area contributed by atoms with Gasteiger partial charge in [-0.2, -0.15) is 0 Å². The van der Waals surface area contributed by atoms with Crippen LogP contribution < -0.4 is 15.2 Å². The largest absolute Gasteiger partial charge is 0.493 e. The van der Waals surface area contributed by atoms with Crippen molar-refractivity contribution < 1.29 is 14.3 Å². The zero-order chi connectivity index (χ0) is 24.5. The molecule has 1 amide bonds. The molecule has 2 aromatic rings. The first kappa shape index (κ1) is 25.5. The fraction of sp³-hybridized carbons (Fsp3) is 0.462. The van der Waals surface area contributed by atoms with Gasteiger partial charge in [0.2, 0.25) is 5.91 Å². The second-order valence-corrected chi connectivity index (χ2v) is 8.72. The lowest BCUT2D eigenvalue weighted by Gasteiger charge is -2.32. The Bertz CT molecular complexity index is 986. The number of benzene rings is 1. The lowest BCUT2D eigenvalue weighted by Crippen LogP contribution is -2.44. The van der Waals surface area contributed by atoms with Crippen LogP contribution in [0.2, 0.25) is 0 Å². The van der Waals surface area contributed by atoms with Crippen molar-refractivity contribution in [2.75, 3.05) is 59.7 Å². The minimum Gasteiger partial charge on any atom is -0.493 e. The summed E-state index contributed by atoms with van der Waals surface area (Å²) in [6.07, 6.45) is 5.95. The van der Waals surface area contributed by atoms with Crippen molar-refractivity contribution in [1.82, 2.24) is 19.7 Å². The number of pyridine rings is 1. The number of hydrogen-bond donors (Lipinski definition) is 1. The second-order valence-electron chi connectivity index (χ2n) is 8.72. The first-order chi connectivity index (χ1) is 16.4. The summed E-state index contributed by atoms with van der Waals surface area (Å²) >= 11 is 0. The summed E-state index contributed by atoms with van der Waals surface area (Å²) in [5.41, 5.74) is 8.87. The van der Waals surface area contributed by atoms with Crippen LogP contribution in [0.1, 0.15) is 30.0 Å². The molecule has 1 aliphatic heterocycles. The van der Waals surface area contributed by atoms with E-state index < -0.39 is 0 Å². The van der Waals surface area contributed by atoms with E-state index in [4.69, 9.17) is 15.2 Å². The first-order valence-corrected chi connectivity index (χ1v) is 11.8. The molecule has 0 aliphatic carbocycles. The van der Waals surface area contributed by atoms with Gasteiger partial charge in [0, 0.05) is 69.7 Å². The minimum atomic E-state index is -0.110. The van der Waals surface area contributed by atoms with E-state index in [2.05, 4.69) is 28.8 Å². The third-order valence-corrected chi connectivity index (χ3v) is 5.95. The van der Waals surface area contributed by atoms with Gasteiger partial charge in [-0.05, 0) is 37.2 Å². The van der Waals surface area contributed by atoms with Gasteiger partial charge in [-0.3, -0.25) is 9.69 Å². The molecule has 184 valence electrons. The Morgan fingerprint density at radius 2 is 2.00 bits per heavy atom. The van der Waals surface area contributed by atoms with Crippen LogP contribution >= 0.6 is 0 Å². The molecule has 0 saturated carbocycles. The Morgan fingerprint density at radius 1 is 1.24 bits per heavy atom. The molecule has 0 radical (unpaired) electrons. The Hall–Kier alpha value is -3.10. The number of likely N-dealkylation sites (N-methyl/N-ethyl adjacent to an activating group) is 2. The average Bonchev–Trinajstić information content (AvgIpc) is 2.84. The molecule has 1 fully saturated rings.